The van der Waals surface area contributed by atoms with Crippen LogP contribution in [0.1, 0.15) is 12.0 Å². The average molecular weight is 316 g/mol. The largest absolute Gasteiger partial charge is 0.380 e. The molecule has 0 amide bonds. The van der Waals surface area contributed by atoms with Gasteiger partial charge in [0.05, 0.1) is 11.8 Å². The minimum atomic E-state index is 0.312. The van der Waals surface area contributed by atoms with E-state index < -0.39 is 0 Å². The van der Waals surface area contributed by atoms with Crippen molar-refractivity contribution >= 4 is 5.95 Å². The molecule has 0 bridgehead atoms. The second kappa shape index (κ2) is 6.64. The lowest BCUT2D eigenvalue weighted by molar-refractivity contribution is 0.111. The zero-order chi connectivity index (χ0) is 16.4. The number of methoxy groups -OCH3 is 1. The van der Waals surface area contributed by atoms with Gasteiger partial charge in [-0.05, 0) is 43.0 Å². The molecule has 2 heterocycles. The smallest absolute Gasteiger partial charge is 0.250 e. The van der Waals surface area contributed by atoms with E-state index in [2.05, 4.69) is 51.4 Å². The van der Waals surface area contributed by atoms with Crippen LogP contribution >= 0.6 is 0 Å². The monoisotopic (exact) mass is 316 g/mol. The third-order valence-corrected chi connectivity index (χ3v) is 4.54. The minimum Gasteiger partial charge on any atom is -0.380 e. The molecule has 1 saturated heterocycles. The van der Waals surface area contributed by atoms with Crippen LogP contribution in [-0.2, 0) is 4.74 Å². The van der Waals surface area contributed by atoms with Crippen molar-refractivity contribution in [3.63, 3.8) is 0 Å². The van der Waals surface area contributed by atoms with Gasteiger partial charge in [-0.15, -0.1) is 0 Å². The number of hydrogen-bond donors (Lipinski definition) is 0. The Labute approximate surface area is 136 Å². The molecule has 0 spiro atoms. The van der Waals surface area contributed by atoms with Gasteiger partial charge in [-0.25, -0.2) is 0 Å². The maximum atomic E-state index is 5.48. The number of hydrogen-bond acceptors (Lipinski definition) is 6. The van der Waals surface area contributed by atoms with Crippen LogP contribution in [0.4, 0.5) is 5.95 Å². The average Bonchev–Trinajstić information content (AvgIpc) is 3.15. The minimum absolute atomic E-state index is 0.312. The number of ether oxygens (including phenoxy) is 1. The van der Waals surface area contributed by atoms with Gasteiger partial charge in [-0.2, -0.15) is 4.68 Å². The lowest BCUT2D eigenvalue weighted by Gasteiger charge is -2.25. The summed E-state index contributed by atoms with van der Waals surface area (Å²) in [6.45, 7) is 3.90. The number of nitrogens with zero attached hydrogens (tertiary/aromatic N) is 6. The van der Waals surface area contributed by atoms with Gasteiger partial charge < -0.3 is 9.64 Å². The van der Waals surface area contributed by atoms with Crippen LogP contribution in [0.15, 0.2) is 24.3 Å². The molecule has 1 aliphatic heterocycles. The normalized spacial score (nSPS) is 21.7. The van der Waals surface area contributed by atoms with E-state index in [0.29, 0.717) is 12.1 Å². The number of likely N-dealkylation sites (tertiary alicyclic amines) is 1. The van der Waals surface area contributed by atoms with E-state index in [9.17, 15) is 0 Å². The molecule has 7 nitrogen and oxygen atoms in total. The van der Waals surface area contributed by atoms with E-state index >= 15 is 0 Å². The fourth-order valence-electron chi connectivity index (χ4n) is 3.08. The molecular weight excluding hydrogens is 292 g/mol. The number of aromatic nitrogens is 4. The number of tetrazole rings is 1. The predicted molar refractivity (Wildman–Crippen MR) is 89.0 cm³/mol. The Kier molecular flexibility index (Phi) is 4.58. The number of anilines is 1. The second-order valence-electron chi connectivity index (χ2n) is 6.29. The van der Waals surface area contributed by atoms with Crippen molar-refractivity contribution in [3.8, 4) is 5.69 Å². The van der Waals surface area contributed by atoms with Crippen LogP contribution in [0, 0.1) is 6.92 Å². The molecule has 1 aromatic heterocycles. The Hall–Kier alpha value is -1.99. The van der Waals surface area contributed by atoms with Gasteiger partial charge in [-0.1, -0.05) is 22.8 Å². The Morgan fingerprint density at radius 3 is 2.70 bits per heavy atom. The summed E-state index contributed by atoms with van der Waals surface area (Å²) in [5.74, 6) is 0.753. The number of aryl methyl sites for hydroxylation is 1. The quantitative estimate of drug-likeness (QED) is 0.824. The summed E-state index contributed by atoms with van der Waals surface area (Å²) < 4.78 is 7.26. The Morgan fingerprint density at radius 1 is 1.30 bits per heavy atom. The summed E-state index contributed by atoms with van der Waals surface area (Å²) in [6.07, 6.45) is 1.34. The standard InChI is InChI=1S/C16H24N6O/c1-12-5-7-13(8-6-12)22-16(17-18-19-22)21(3)10-14-9-15(23-4)11-20(14)2/h5-8,14-15H,9-11H2,1-4H3/t14-,15-/m0/s1. The van der Waals surface area contributed by atoms with E-state index in [1.54, 1.807) is 11.8 Å². The summed E-state index contributed by atoms with van der Waals surface area (Å²) in [5, 5.41) is 12.2. The van der Waals surface area contributed by atoms with Crippen molar-refractivity contribution in [1.82, 2.24) is 25.1 Å². The van der Waals surface area contributed by atoms with Gasteiger partial charge in [0.15, 0.2) is 0 Å². The number of benzene rings is 1. The molecule has 1 aromatic carbocycles. The van der Waals surface area contributed by atoms with E-state index in [4.69, 9.17) is 4.74 Å². The zero-order valence-electron chi connectivity index (χ0n) is 14.2. The van der Waals surface area contributed by atoms with Crippen LogP contribution in [0.3, 0.4) is 0 Å². The maximum Gasteiger partial charge on any atom is 0.250 e. The third kappa shape index (κ3) is 3.35. The summed E-state index contributed by atoms with van der Waals surface area (Å²) >= 11 is 0. The molecular formula is C16H24N6O. The molecule has 1 aliphatic rings. The molecule has 2 aromatic rings. The highest BCUT2D eigenvalue weighted by molar-refractivity contribution is 5.41. The highest BCUT2D eigenvalue weighted by atomic mass is 16.5. The molecule has 0 N–H and O–H groups in total. The van der Waals surface area contributed by atoms with E-state index in [-0.39, 0.29) is 0 Å². The van der Waals surface area contributed by atoms with Crippen molar-refractivity contribution in [2.24, 2.45) is 0 Å². The highest BCUT2D eigenvalue weighted by Gasteiger charge is 2.31. The van der Waals surface area contributed by atoms with Crippen molar-refractivity contribution in [1.29, 1.82) is 0 Å². The van der Waals surface area contributed by atoms with Gasteiger partial charge >= 0.3 is 0 Å². The van der Waals surface area contributed by atoms with E-state index in [1.165, 1.54) is 5.56 Å². The summed E-state index contributed by atoms with van der Waals surface area (Å²) in [6, 6.07) is 8.63. The zero-order valence-corrected chi connectivity index (χ0v) is 14.2. The molecule has 0 saturated carbocycles. The van der Waals surface area contributed by atoms with Crippen molar-refractivity contribution < 1.29 is 4.74 Å². The SMILES string of the molecule is CO[C@H]1C[C@@H](CN(C)c2nnnn2-c2ccc(C)cc2)N(C)C1. The molecule has 124 valence electrons. The summed E-state index contributed by atoms with van der Waals surface area (Å²) in [7, 11) is 5.95. The van der Waals surface area contributed by atoms with Gasteiger partial charge in [0.25, 0.3) is 0 Å². The van der Waals surface area contributed by atoms with Crippen molar-refractivity contribution in [3.05, 3.63) is 29.8 Å². The lowest BCUT2D eigenvalue weighted by atomic mass is 10.2. The Balaban J connectivity index is 1.75. The van der Waals surface area contributed by atoms with Crippen LogP contribution in [0.5, 0.6) is 0 Å². The van der Waals surface area contributed by atoms with E-state index in [1.807, 2.05) is 19.2 Å². The van der Waals surface area contributed by atoms with Crippen LogP contribution < -0.4 is 4.90 Å². The maximum absolute atomic E-state index is 5.48. The van der Waals surface area contributed by atoms with Gasteiger partial charge in [0.2, 0.25) is 5.95 Å². The fraction of sp³-hybridized carbons (Fsp3) is 0.562. The second-order valence-corrected chi connectivity index (χ2v) is 6.29. The van der Waals surface area contributed by atoms with E-state index in [0.717, 1.165) is 31.1 Å². The first kappa shape index (κ1) is 15.9. The van der Waals surface area contributed by atoms with Gasteiger partial charge in [-0.3, -0.25) is 4.90 Å². The Morgan fingerprint density at radius 2 is 2.04 bits per heavy atom. The topological polar surface area (TPSA) is 59.3 Å². The van der Waals surface area contributed by atoms with Gasteiger partial charge in [0, 0.05) is 33.3 Å². The summed E-state index contributed by atoms with van der Waals surface area (Å²) in [4.78, 5) is 4.45. The number of likely N-dealkylation sites (N-methyl/N-ethyl adjacent to an activating group) is 2. The van der Waals surface area contributed by atoms with Crippen LogP contribution in [0.25, 0.3) is 5.69 Å². The fourth-order valence-corrected chi connectivity index (χ4v) is 3.08. The first-order valence-corrected chi connectivity index (χ1v) is 7.88. The first-order chi connectivity index (χ1) is 11.1. The molecule has 0 radical (unpaired) electrons. The molecule has 7 heteroatoms. The lowest BCUT2D eigenvalue weighted by Crippen LogP contribution is -2.37. The molecule has 0 unspecified atom stereocenters. The predicted octanol–water partition coefficient (Wildman–Crippen LogP) is 1.13. The molecule has 0 aliphatic carbocycles. The van der Waals surface area contributed by atoms with Crippen molar-refractivity contribution in [2.45, 2.75) is 25.5 Å². The summed E-state index contributed by atoms with van der Waals surface area (Å²) in [5.41, 5.74) is 2.19. The van der Waals surface area contributed by atoms with Crippen LogP contribution in [-0.4, -0.2) is 71.5 Å². The molecule has 1 fully saturated rings. The third-order valence-electron chi connectivity index (χ3n) is 4.54. The molecule has 3 rings (SSSR count). The molecule has 23 heavy (non-hydrogen) atoms. The number of rotatable bonds is 5. The van der Waals surface area contributed by atoms with Crippen LogP contribution in [0.2, 0.25) is 0 Å². The van der Waals surface area contributed by atoms with Gasteiger partial charge in [0.1, 0.15) is 0 Å². The highest BCUT2D eigenvalue weighted by Crippen LogP contribution is 2.21. The first-order valence-electron chi connectivity index (χ1n) is 7.88. The Bertz CT molecular complexity index is 640. The van der Waals surface area contributed by atoms with Crippen molar-refractivity contribution in [2.75, 3.05) is 39.2 Å². The molecule has 2 atom stereocenters.